The number of halogens is 3. The highest BCUT2D eigenvalue weighted by atomic mass is 35.5. The van der Waals surface area contributed by atoms with Gasteiger partial charge in [-0.1, -0.05) is 18.0 Å². The van der Waals surface area contributed by atoms with Crippen LogP contribution in [-0.4, -0.2) is 74.7 Å². The van der Waals surface area contributed by atoms with Gasteiger partial charge in [0.25, 0.3) is 11.8 Å². The Morgan fingerprint density at radius 2 is 1.90 bits per heavy atom. The zero-order valence-electron chi connectivity index (χ0n) is 22.5. The number of nitrogens with zero attached hydrogens (tertiary/aromatic N) is 2. The van der Waals surface area contributed by atoms with Crippen LogP contribution in [-0.2, 0) is 14.3 Å². The van der Waals surface area contributed by atoms with Gasteiger partial charge in [-0.05, 0) is 61.8 Å². The smallest absolute Gasteiger partial charge is 0.387 e. The molecule has 2 heterocycles. The molecule has 9 nitrogen and oxygen atoms in total. The average molecular weight is 611 g/mol. The lowest BCUT2D eigenvalue weighted by atomic mass is 9.84. The van der Waals surface area contributed by atoms with Crippen molar-refractivity contribution in [3.8, 4) is 5.75 Å². The second kappa shape index (κ2) is 13.5. The van der Waals surface area contributed by atoms with Crippen molar-refractivity contribution < 1.29 is 32.6 Å². The Morgan fingerprint density at radius 1 is 1.15 bits per heavy atom. The molecule has 3 amide bonds. The highest BCUT2D eigenvalue weighted by Gasteiger charge is 2.35. The Labute approximate surface area is 246 Å². The van der Waals surface area contributed by atoms with Gasteiger partial charge in [-0.3, -0.25) is 19.3 Å². The van der Waals surface area contributed by atoms with E-state index in [1.54, 1.807) is 18.2 Å². The standard InChI is InChI=1S/C28H33ClF2N4O5S/c29-24-9-8-23(41-24)27(38)32-13-21(34(15-18-4-5-18)14-17-2-1-3-17)26(37)33-19-6-7-20(22(12-19)40-28(30)31)35-10-11-39-16-25(35)36/h6-9,12,17-18,21,28H,1-5,10-11,13-16H2,(H,32,38)(H,33,37)/t21-/m0/s1. The van der Waals surface area contributed by atoms with Gasteiger partial charge in [-0.15, -0.1) is 11.3 Å². The molecule has 2 saturated carbocycles. The highest BCUT2D eigenvalue weighted by Crippen LogP contribution is 2.35. The summed E-state index contributed by atoms with van der Waals surface area (Å²) in [5, 5.41) is 5.73. The van der Waals surface area contributed by atoms with Crippen LogP contribution in [0.2, 0.25) is 4.34 Å². The Hall–Kier alpha value is -2.80. The number of hydrogen-bond acceptors (Lipinski definition) is 7. The molecule has 5 rings (SSSR count). The van der Waals surface area contributed by atoms with Gasteiger partial charge in [0.2, 0.25) is 5.91 Å². The fourth-order valence-electron chi connectivity index (χ4n) is 5.07. The maximum atomic E-state index is 13.8. The van der Waals surface area contributed by atoms with Gasteiger partial charge in [-0.2, -0.15) is 8.78 Å². The lowest BCUT2D eigenvalue weighted by Crippen LogP contribution is -2.53. The van der Waals surface area contributed by atoms with E-state index < -0.39 is 12.7 Å². The minimum atomic E-state index is -3.12. The van der Waals surface area contributed by atoms with E-state index in [0.29, 0.717) is 21.0 Å². The molecule has 13 heteroatoms. The van der Waals surface area contributed by atoms with Crippen LogP contribution >= 0.6 is 22.9 Å². The molecule has 2 aromatic rings. The number of carbonyl (C=O) groups excluding carboxylic acids is 3. The first kappa shape index (κ1) is 29.7. The number of benzene rings is 1. The molecule has 0 radical (unpaired) electrons. The number of hydrogen-bond donors (Lipinski definition) is 2. The minimum Gasteiger partial charge on any atom is -0.433 e. The van der Waals surface area contributed by atoms with E-state index in [9.17, 15) is 23.2 Å². The molecule has 1 aromatic heterocycles. The van der Waals surface area contributed by atoms with Crippen molar-refractivity contribution in [1.29, 1.82) is 0 Å². The molecule has 1 aromatic carbocycles. The summed E-state index contributed by atoms with van der Waals surface area (Å²) >= 11 is 7.16. The molecule has 0 bridgehead atoms. The van der Waals surface area contributed by atoms with Crippen molar-refractivity contribution in [3.05, 3.63) is 39.5 Å². The summed E-state index contributed by atoms with van der Waals surface area (Å²) in [4.78, 5) is 42.9. The molecule has 222 valence electrons. The third kappa shape index (κ3) is 7.94. The van der Waals surface area contributed by atoms with Crippen molar-refractivity contribution in [2.45, 2.75) is 44.8 Å². The third-order valence-electron chi connectivity index (χ3n) is 7.62. The second-order valence-electron chi connectivity index (χ2n) is 10.7. The van der Waals surface area contributed by atoms with Gasteiger partial charge in [0.1, 0.15) is 12.6 Å². The summed E-state index contributed by atoms with van der Waals surface area (Å²) in [6.07, 6.45) is 5.58. The van der Waals surface area contributed by atoms with Crippen LogP contribution in [0.25, 0.3) is 0 Å². The summed E-state index contributed by atoms with van der Waals surface area (Å²) in [6.45, 7) is -1.27. The Bertz CT molecular complexity index is 1260. The van der Waals surface area contributed by atoms with Crippen LogP contribution in [0.4, 0.5) is 20.2 Å². The first-order valence-corrected chi connectivity index (χ1v) is 15.0. The van der Waals surface area contributed by atoms with Crippen LogP contribution < -0.4 is 20.3 Å². The van der Waals surface area contributed by atoms with Gasteiger partial charge < -0.3 is 25.0 Å². The summed E-state index contributed by atoms with van der Waals surface area (Å²) in [7, 11) is 0. The number of ether oxygens (including phenoxy) is 2. The molecular formula is C28H33ClF2N4O5S. The molecule has 1 aliphatic heterocycles. The van der Waals surface area contributed by atoms with Gasteiger partial charge >= 0.3 is 6.61 Å². The number of carbonyl (C=O) groups is 3. The highest BCUT2D eigenvalue weighted by molar-refractivity contribution is 7.18. The fourth-order valence-corrected chi connectivity index (χ4v) is 6.03. The predicted molar refractivity (Wildman–Crippen MR) is 152 cm³/mol. The monoisotopic (exact) mass is 610 g/mol. The van der Waals surface area contributed by atoms with Crippen LogP contribution in [0, 0.1) is 11.8 Å². The second-order valence-corrected chi connectivity index (χ2v) is 12.4. The van der Waals surface area contributed by atoms with Crippen LogP contribution in [0.1, 0.15) is 41.8 Å². The zero-order valence-corrected chi connectivity index (χ0v) is 24.0. The summed E-state index contributed by atoms with van der Waals surface area (Å²) < 4.78 is 37.0. The first-order chi connectivity index (χ1) is 19.8. The van der Waals surface area contributed by atoms with Crippen molar-refractivity contribution in [3.63, 3.8) is 0 Å². The molecule has 3 aliphatic rings. The molecule has 41 heavy (non-hydrogen) atoms. The van der Waals surface area contributed by atoms with E-state index in [4.69, 9.17) is 21.1 Å². The molecule has 1 saturated heterocycles. The number of amides is 3. The summed E-state index contributed by atoms with van der Waals surface area (Å²) in [5.74, 6) is -0.283. The van der Waals surface area contributed by atoms with E-state index in [2.05, 4.69) is 15.5 Å². The molecule has 3 fully saturated rings. The number of anilines is 2. The minimum absolute atomic E-state index is 0.0698. The van der Waals surface area contributed by atoms with Crippen molar-refractivity contribution >= 4 is 52.0 Å². The van der Waals surface area contributed by atoms with Gasteiger partial charge in [0.05, 0.1) is 21.5 Å². The van der Waals surface area contributed by atoms with Crippen molar-refractivity contribution in [1.82, 2.24) is 10.2 Å². The van der Waals surface area contributed by atoms with E-state index in [-0.39, 0.29) is 61.1 Å². The normalized spacial score (nSPS) is 18.4. The third-order valence-corrected chi connectivity index (χ3v) is 8.85. The first-order valence-electron chi connectivity index (χ1n) is 13.8. The Morgan fingerprint density at radius 3 is 2.51 bits per heavy atom. The van der Waals surface area contributed by atoms with Crippen LogP contribution in [0.5, 0.6) is 5.75 Å². The summed E-state index contributed by atoms with van der Waals surface area (Å²) in [5.41, 5.74) is 0.418. The van der Waals surface area contributed by atoms with E-state index in [1.807, 2.05) is 0 Å². The van der Waals surface area contributed by atoms with Gasteiger partial charge in [0.15, 0.2) is 5.75 Å². The number of morpholine rings is 1. The molecule has 1 atom stereocenters. The fraction of sp³-hybridized carbons (Fsp3) is 0.536. The molecule has 0 spiro atoms. The molecule has 0 unspecified atom stereocenters. The molecule has 2 aliphatic carbocycles. The number of rotatable bonds is 13. The topological polar surface area (TPSA) is 100 Å². The summed E-state index contributed by atoms with van der Waals surface area (Å²) in [6, 6.07) is 6.92. The average Bonchev–Trinajstić information content (AvgIpc) is 3.62. The number of thiophene rings is 1. The van der Waals surface area contributed by atoms with Gasteiger partial charge in [0, 0.05) is 37.9 Å². The quantitative estimate of drug-likeness (QED) is 0.344. The maximum Gasteiger partial charge on any atom is 0.387 e. The predicted octanol–water partition coefficient (Wildman–Crippen LogP) is 4.62. The van der Waals surface area contributed by atoms with Crippen LogP contribution in [0.15, 0.2) is 30.3 Å². The zero-order chi connectivity index (χ0) is 28.9. The number of nitrogens with one attached hydrogen (secondary N) is 2. The largest absolute Gasteiger partial charge is 0.433 e. The Balaban J connectivity index is 1.36. The van der Waals surface area contributed by atoms with Crippen LogP contribution in [0.3, 0.4) is 0 Å². The molecule has 2 N–H and O–H groups in total. The lowest BCUT2D eigenvalue weighted by molar-refractivity contribution is -0.126. The van der Waals surface area contributed by atoms with Gasteiger partial charge in [-0.25, -0.2) is 0 Å². The SMILES string of the molecule is O=C(NC[C@@H](C(=O)Nc1ccc(N2CCOCC2=O)c(OC(F)F)c1)N(CC1CCC1)CC1CC1)c1ccc(Cl)s1. The van der Waals surface area contributed by atoms with Crippen molar-refractivity contribution in [2.75, 3.05) is 49.6 Å². The van der Waals surface area contributed by atoms with E-state index >= 15 is 0 Å². The lowest BCUT2D eigenvalue weighted by Gasteiger charge is -2.37. The number of alkyl halides is 2. The Kier molecular flexibility index (Phi) is 9.74. The molecular weight excluding hydrogens is 578 g/mol. The van der Waals surface area contributed by atoms with E-state index in [0.717, 1.165) is 50.1 Å². The maximum absolute atomic E-state index is 13.8. The van der Waals surface area contributed by atoms with Crippen molar-refractivity contribution in [2.24, 2.45) is 11.8 Å². The van der Waals surface area contributed by atoms with E-state index in [1.165, 1.54) is 23.5 Å².